The Kier molecular flexibility index (Phi) is 2.98. The first-order valence-electron chi connectivity index (χ1n) is 3.98. The summed E-state index contributed by atoms with van der Waals surface area (Å²) in [7, 11) is 0. The maximum atomic E-state index is 10.6. The molecule has 0 unspecified atom stereocenters. The fourth-order valence-corrected chi connectivity index (χ4v) is 1.33. The van der Waals surface area contributed by atoms with Gasteiger partial charge < -0.3 is 9.67 Å². The van der Waals surface area contributed by atoms with Crippen molar-refractivity contribution < 1.29 is 9.90 Å². The van der Waals surface area contributed by atoms with Crippen LogP contribution < -0.4 is 0 Å². The van der Waals surface area contributed by atoms with Gasteiger partial charge in [-0.25, -0.2) is 9.78 Å². The van der Waals surface area contributed by atoms with Gasteiger partial charge in [-0.1, -0.05) is 0 Å². The summed E-state index contributed by atoms with van der Waals surface area (Å²) in [5.41, 5.74) is 0.0813. The highest BCUT2D eigenvalue weighted by Gasteiger charge is 2.13. The Morgan fingerprint density at radius 2 is 2.38 bits per heavy atom. The highest BCUT2D eigenvalue weighted by molar-refractivity contribution is 7.79. The zero-order valence-corrected chi connectivity index (χ0v) is 8.45. The fourth-order valence-electron chi connectivity index (χ4n) is 1.10. The van der Waals surface area contributed by atoms with Crippen molar-refractivity contribution in [2.75, 3.05) is 0 Å². The molecule has 4 nitrogen and oxygen atoms in total. The SMILES string of the molecule is CC(C)n1cc(C(=O)O)nc1CS. The van der Waals surface area contributed by atoms with Crippen LogP contribution in [0.5, 0.6) is 0 Å². The number of rotatable bonds is 3. The molecule has 1 aromatic rings. The maximum absolute atomic E-state index is 10.6. The zero-order valence-electron chi connectivity index (χ0n) is 7.56. The summed E-state index contributed by atoms with van der Waals surface area (Å²) in [4.78, 5) is 14.5. The van der Waals surface area contributed by atoms with E-state index in [2.05, 4.69) is 17.6 Å². The lowest BCUT2D eigenvalue weighted by atomic mass is 10.4. The molecular weight excluding hydrogens is 188 g/mol. The van der Waals surface area contributed by atoms with E-state index in [0.717, 1.165) is 0 Å². The minimum absolute atomic E-state index is 0.0813. The predicted octanol–water partition coefficient (Wildman–Crippen LogP) is 1.59. The Hall–Kier alpha value is -0.970. The summed E-state index contributed by atoms with van der Waals surface area (Å²) in [5.74, 6) is 0.143. The molecule has 13 heavy (non-hydrogen) atoms. The molecule has 0 saturated heterocycles. The van der Waals surface area contributed by atoms with Crippen molar-refractivity contribution in [2.24, 2.45) is 0 Å². The lowest BCUT2D eigenvalue weighted by Gasteiger charge is -2.08. The minimum Gasteiger partial charge on any atom is -0.476 e. The zero-order chi connectivity index (χ0) is 10.0. The quantitative estimate of drug-likeness (QED) is 0.728. The van der Waals surface area contributed by atoms with Crippen LogP contribution in [0.25, 0.3) is 0 Å². The third-order valence-corrected chi connectivity index (χ3v) is 2.01. The Bertz CT molecular complexity index is 320. The van der Waals surface area contributed by atoms with Crippen LogP contribution in [-0.2, 0) is 5.75 Å². The Balaban J connectivity index is 3.11. The van der Waals surface area contributed by atoms with Crippen LogP contribution in [-0.4, -0.2) is 20.6 Å². The number of aromatic nitrogens is 2. The molecule has 0 atom stereocenters. The van der Waals surface area contributed by atoms with Gasteiger partial charge in [0.1, 0.15) is 5.82 Å². The van der Waals surface area contributed by atoms with E-state index in [9.17, 15) is 4.79 Å². The molecule has 0 saturated carbocycles. The van der Waals surface area contributed by atoms with Gasteiger partial charge in [-0.3, -0.25) is 0 Å². The van der Waals surface area contributed by atoms with Gasteiger partial charge in [-0.2, -0.15) is 12.6 Å². The van der Waals surface area contributed by atoms with Gasteiger partial charge in [0.25, 0.3) is 0 Å². The van der Waals surface area contributed by atoms with Gasteiger partial charge in [0.15, 0.2) is 5.69 Å². The average Bonchev–Trinajstić information content (AvgIpc) is 2.47. The molecule has 1 aromatic heterocycles. The van der Waals surface area contributed by atoms with E-state index in [1.165, 1.54) is 0 Å². The van der Waals surface area contributed by atoms with Crippen LogP contribution in [0.3, 0.4) is 0 Å². The lowest BCUT2D eigenvalue weighted by molar-refractivity contribution is 0.0691. The van der Waals surface area contributed by atoms with Gasteiger partial charge in [0, 0.05) is 18.0 Å². The highest BCUT2D eigenvalue weighted by Crippen LogP contribution is 2.12. The summed E-state index contributed by atoms with van der Waals surface area (Å²) in [6.07, 6.45) is 1.54. The van der Waals surface area contributed by atoms with Crippen LogP contribution in [0.2, 0.25) is 0 Å². The molecule has 5 heteroatoms. The van der Waals surface area contributed by atoms with Crippen LogP contribution in [0, 0.1) is 0 Å². The molecule has 0 aromatic carbocycles. The number of carboxylic acids is 1. The molecule has 72 valence electrons. The monoisotopic (exact) mass is 200 g/mol. The summed E-state index contributed by atoms with van der Waals surface area (Å²) in [5, 5.41) is 8.70. The molecule has 0 bridgehead atoms. The molecule has 0 aliphatic carbocycles. The molecule has 0 amide bonds. The lowest BCUT2D eigenvalue weighted by Crippen LogP contribution is -2.03. The molecule has 0 aliphatic heterocycles. The number of thiol groups is 1. The summed E-state index contributed by atoms with van der Waals surface area (Å²) in [6.45, 7) is 3.94. The first kappa shape index (κ1) is 10.1. The molecule has 0 spiro atoms. The van der Waals surface area contributed by atoms with Gasteiger partial charge in [0.05, 0.1) is 0 Å². The molecule has 0 fully saturated rings. The van der Waals surface area contributed by atoms with E-state index in [0.29, 0.717) is 11.6 Å². The second-order valence-corrected chi connectivity index (χ2v) is 3.32. The standard InChI is InChI=1S/C8H12N2O2S/c1-5(2)10-3-6(8(11)12)9-7(10)4-13/h3,5,13H,4H2,1-2H3,(H,11,12). The van der Waals surface area contributed by atoms with Crippen molar-refractivity contribution in [2.45, 2.75) is 25.6 Å². The van der Waals surface area contributed by atoms with Gasteiger partial charge in [0.2, 0.25) is 0 Å². The van der Waals surface area contributed by atoms with E-state index in [-0.39, 0.29) is 11.7 Å². The smallest absolute Gasteiger partial charge is 0.356 e. The van der Waals surface area contributed by atoms with Crippen LogP contribution in [0.1, 0.15) is 36.2 Å². The number of nitrogens with zero attached hydrogens (tertiary/aromatic N) is 2. The number of imidazole rings is 1. The number of aromatic carboxylic acids is 1. The average molecular weight is 200 g/mol. The first-order chi connectivity index (χ1) is 6.06. The molecule has 1 rings (SSSR count). The van der Waals surface area contributed by atoms with Gasteiger partial charge in [-0.15, -0.1) is 0 Å². The van der Waals surface area contributed by atoms with E-state index >= 15 is 0 Å². The normalized spacial score (nSPS) is 10.8. The second kappa shape index (κ2) is 3.83. The van der Waals surface area contributed by atoms with Crippen molar-refractivity contribution in [3.8, 4) is 0 Å². The van der Waals surface area contributed by atoms with Crippen molar-refractivity contribution in [3.05, 3.63) is 17.7 Å². The molecule has 1 N–H and O–H groups in total. The Morgan fingerprint density at radius 3 is 2.69 bits per heavy atom. The largest absolute Gasteiger partial charge is 0.476 e. The highest BCUT2D eigenvalue weighted by atomic mass is 32.1. The number of hydrogen-bond donors (Lipinski definition) is 2. The van der Waals surface area contributed by atoms with Crippen molar-refractivity contribution in [3.63, 3.8) is 0 Å². The molecule has 0 radical (unpaired) electrons. The molecule has 1 heterocycles. The first-order valence-corrected chi connectivity index (χ1v) is 4.61. The Labute approximate surface area is 82.0 Å². The third-order valence-electron chi connectivity index (χ3n) is 1.73. The summed E-state index contributed by atoms with van der Waals surface area (Å²) in [6, 6.07) is 0.211. The van der Waals surface area contributed by atoms with E-state index in [1.54, 1.807) is 6.20 Å². The fraction of sp³-hybridized carbons (Fsp3) is 0.500. The van der Waals surface area contributed by atoms with E-state index in [1.807, 2.05) is 18.4 Å². The minimum atomic E-state index is -0.998. The van der Waals surface area contributed by atoms with E-state index < -0.39 is 5.97 Å². The van der Waals surface area contributed by atoms with Crippen LogP contribution in [0.15, 0.2) is 6.20 Å². The topological polar surface area (TPSA) is 55.1 Å². The Morgan fingerprint density at radius 1 is 1.77 bits per heavy atom. The number of hydrogen-bond acceptors (Lipinski definition) is 3. The number of carboxylic acid groups (broad SMARTS) is 1. The maximum Gasteiger partial charge on any atom is 0.356 e. The van der Waals surface area contributed by atoms with Crippen molar-refractivity contribution >= 4 is 18.6 Å². The van der Waals surface area contributed by atoms with Crippen molar-refractivity contribution in [1.29, 1.82) is 0 Å². The van der Waals surface area contributed by atoms with Crippen molar-refractivity contribution in [1.82, 2.24) is 9.55 Å². The molecule has 0 aliphatic rings. The summed E-state index contributed by atoms with van der Waals surface area (Å²) < 4.78 is 1.82. The third kappa shape index (κ3) is 2.03. The predicted molar refractivity (Wildman–Crippen MR) is 52.3 cm³/mol. The van der Waals surface area contributed by atoms with Gasteiger partial charge >= 0.3 is 5.97 Å². The van der Waals surface area contributed by atoms with Gasteiger partial charge in [-0.05, 0) is 13.8 Å². The summed E-state index contributed by atoms with van der Waals surface area (Å²) >= 11 is 4.08. The van der Waals surface area contributed by atoms with Crippen LogP contribution in [0.4, 0.5) is 0 Å². The number of carbonyl (C=O) groups is 1. The second-order valence-electron chi connectivity index (χ2n) is 3.01. The van der Waals surface area contributed by atoms with Crippen LogP contribution >= 0.6 is 12.6 Å². The molecular formula is C8H12N2O2S. The van der Waals surface area contributed by atoms with E-state index in [4.69, 9.17) is 5.11 Å².